The van der Waals surface area contributed by atoms with Gasteiger partial charge in [-0.15, -0.1) is 0 Å². The maximum absolute atomic E-state index is 13.3. The molecule has 4 atom stereocenters. The minimum atomic E-state index is -0.522. The van der Waals surface area contributed by atoms with Gasteiger partial charge in [0, 0.05) is 18.1 Å². The molecule has 3 heteroatoms. The van der Waals surface area contributed by atoms with Gasteiger partial charge in [-0.1, -0.05) is 19.8 Å². The molecule has 1 heterocycles. The van der Waals surface area contributed by atoms with Crippen molar-refractivity contribution in [3.8, 4) is 5.75 Å². The quantitative estimate of drug-likeness (QED) is 0.835. The maximum atomic E-state index is 13.3. The molecule has 3 rings (SSSR count). The molecule has 1 aliphatic carbocycles. The summed E-state index contributed by atoms with van der Waals surface area (Å²) in [5, 5.41) is 10.2. The summed E-state index contributed by atoms with van der Waals surface area (Å²) in [6.45, 7) is 2.28. The van der Waals surface area contributed by atoms with E-state index in [0.717, 1.165) is 24.3 Å². The van der Waals surface area contributed by atoms with Gasteiger partial charge >= 0.3 is 0 Å². The van der Waals surface area contributed by atoms with E-state index < -0.39 is 6.10 Å². The fourth-order valence-corrected chi connectivity index (χ4v) is 3.55. The first-order chi connectivity index (χ1) is 9.13. The van der Waals surface area contributed by atoms with E-state index in [9.17, 15) is 9.50 Å². The van der Waals surface area contributed by atoms with Gasteiger partial charge in [0.1, 0.15) is 17.7 Å². The summed E-state index contributed by atoms with van der Waals surface area (Å²) in [4.78, 5) is 0. The van der Waals surface area contributed by atoms with E-state index >= 15 is 0 Å². The fraction of sp³-hybridized carbons (Fsp3) is 0.625. The first-order valence-electron chi connectivity index (χ1n) is 7.27. The molecule has 19 heavy (non-hydrogen) atoms. The van der Waals surface area contributed by atoms with Crippen molar-refractivity contribution in [1.29, 1.82) is 0 Å². The lowest BCUT2D eigenvalue weighted by Gasteiger charge is -2.37. The summed E-state index contributed by atoms with van der Waals surface area (Å²) >= 11 is 0. The summed E-state index contributed by atoms with van der Waals surface area (Å²) in [5.41, 5.74) is 0.724. The Morgan fingerprint density at radius 2 is 2.11 bits per heavy atom. The van der Waals surface area contributed by atoms with Crippen LogP contribution in [0.1, 0.15) is 50.7 Å². The highest BCUT2D eigenvalue weighted by atomic mass is 19.1. The summed E-state index contributed by atoms with van der Waals surface area (Å²) in [5.74, 6) is 1.45. The second kappa shape index (κ2) is 5.12. The minimum Gasteiger partial charge on any atom is -0.490 e. The molecule has 104 valence electrons. The molecule has 0 aromatic heterocycles. The second-order valence-electron chi connectivity index (χ2n) is 6.12. The van der Waals surface area contributed by atoms with Crippen LogP contribution in [0, 0.1) is 17.7 Å². The van der Waals surface area contributed by atoms with Gasteiger partial charge in [0.15, 0.2) is 0 Å². The standard InChI is InChI=1S/C16H21FO2/c1-10-3-2-4-11(7-10)15-9-14(18)13-6-5-12(17)8-16(13)19-15/h5-6,8,10-11,14-15,18H,2-4,7,9H2,1H3. The highest BCUT2D eigenvalue weighted by molar-refractivity contribution is 5.37. The largest absolute Gasteiger partial charge is 0.490 e. The first kappa shape index (κ1) is 12.9. The second-order valence-corrected chi connectivity index (χ2v) is 6.12. The number of fused-ring (bicyclic) bond motifs is 1. The molecule has 0 bridgehead atoms. The Bertz CT molecular complexity index is 460. The molecule has 2 aliphatic rings. The number of aliphatic hydroxyl groups is 1. The van der Waals surface area contributed by atoms with Gasteiger partial charge < -0.3 is 9.84 Å². The van der Waals surface area contributed by atoms with Gasteiger partial charge in [0.05, 0.1) is 6.10 Å². The van der Waals surface area contributed by atoms with Gasteiger partial charge in [-0.25, -0.2) is 4.39 Å². The number of hydrogen-bond donors (Lipinski definition) is 1. The molecule has 1 fully saturated rings. The molecule has 1 aromatic carbocycles. The molecule has 2 nitrogen and oxygen atoms in total. The van der Waals surface area contributed by atoms with E-state index in [4.69, 9.17) is 4.74 Å². The molecule has 4 unspecified atom stereocenters. The highest BCUT2D eigenvalue weighted by Crippen LogP contribution is 2.41. The Labute approximate surface area is 113 Å². The number of rotatable bonds is 1. The number of halogens is 1. The van der Waals surface area contributed by atoms with Crippen LogP contribution in [-0.2, 0) is 0 Å². The maximum Gasteiger partial charge on any atom is 0.128 e. The third kappa shape index (κ3) is 2.62. The zero-order valence-corrected chi connectivity index (χ0v) is 11.3. The molecule has 0 saturated heterocycles. The predicted molar refractivity (Wildman–Crippen MR) is 71.5 cm³/mol. The lowest BCUT2D eigenvalue weighted by Crippen LogP contribution is -2.35. The normalized spacial score (nSPS) is 34.5. The van der Waals surface area contributed by atoms with Crippen LogP contribution in [0.25, 0.3) is 0 Å². The average Bonchev–Trinajstić information content (AvgIpc) is 2.38. The van der Waals surface area contributed by atoms with Crippen molar-refractivity contribution in [2.24, 2.45) is 11.8 Å². The fourth-order valence-electron chi connectivity index (χ4n) is 3.55. The Morgan fingerprint density at radius 1 is 1.26 bits per heavy atom. The Hall–Kier alpha value is -1.09. The van der Waals surface area contributed by atoms with Gasteiger partial charge in [0.25, 0.3) is 0 Å². The van der Waals surface area contributed by atoms with Gasteiger partial charge in [0.2, 0.25) is 0 Å². The van der Waals surface area contributed by atoms with Crippen LogP contribution in [0.3, 0.4) is 0 Å². The van der Waals surface area contributed by atoms with E-state index in [1.165, 1.54) is 25.0 Å². The van der Waals surface area contributed by atoms with Crippen LogP contribution in [-0.4, -0.2) is 11.2 Å². The van der Waals surface area contributed by atoms with Crippen molar-refractivity contribution < 1.29 is 14.2 Å². The van der Waals surface area contributed by atoms with Crippen molar-refractivity contribution in [2.75, 3.05) is 0 Å². The van der Waals surface area contributed by atoms with Crippen LogP contribution in [0.4, 0.5) is 4.39 Å². The Kier molecular flexibility index (Phi) is 3.48. The SMILES string of the molecule is CC1CCCC(C2CC(O)c3ccc(F)cc3O2)C1. The monoisotopic (exact) mass is 264 g/mol. The zero-order valence-electron chi connectivity index (χ0n) is 11.3. The lowest BCUT2D eigenvalue weighted by molar-refractivity contribution is 0.0169. The van der Waals surface area contributed by atoms with Crippen LogP contribution < -0.4 is 4.74 Å². The van der Waals surface area contributed by atoms with Crippen LogP contribution in [0.2, 0.25) is 0 Å². The van der Waals surface area contributed by atoms with Crippen molar-refractivity contribution in [2.45, 2.75) is 51.2 Å². The van der Waals surface area contributed by atoms with Crippen molar-refractivity contribution in [1.82, 2.24) is 0 Å². The number of aliphatic hydroxyl groups excluding tert-OH is 1. The number of ether oxygens (including phenoxy) is 1. The van der Waals surface area contributed by atoms with Crippen molar-refractivity contribution >= 4 is 0 Å². The van der Waals surface area contributed by atoms with E-state index in [0.29, 0.717) is 18.1 Å². The predicted octanol–water partition coefficient (Wildman–Crippen LogP) is 3.84. The van der Waals surface area contributed by atoms with E-state index in [1.807, 2.05) is 0 Å². The summed E-state index contributed by atoms with van der Waals surface area (Å²) in [6.07, 6.45) is 4.98. The Balaban J connectivity index is 1.80. The van der Waals surface area contributed by atoms with Crippen LogP contribution in [0.5, 0.6) is 5.75 Å². The molecular formula is C16H21FO2. The minimum absolute atomic E-state index is 0.0343. The molecule has 1 aliphatic heterocycles. The Morgan fingerprint density at radius 3 is 2.89 bits per heavy atom. The molecular weight excluding hydrogens is 243 g/mol. The lowest BCUT2D eigenvalue weighted by atomic mass is 9.77. The van der Waals surface area contributed by atoms with E-state index in [-0.39, 0.29) is 11.9 Å². The van der Waals surface area contributed by atoms with E-state index in [1.54, 1.807) is 6.07 Å². The topological polar surface area (TPSA) is 29.5 Å². The molecule has 0 spiro atoms. The van der Waals surface area contributed by atoms with Gasteiger partial charge in [-0.05, 0) is 36.8 Å². The highest BCUT2D eigenvalue weighted by Gasteiger charge is 2.34. The third-order valence-electron chi connectivity index (χ3n) is 4.57. The van der Waals surface area contributed by atoms with E-state index in [2.05, 4.69) is 6.92 Å². The smallest absolute Gasteiger partial charge is 0.128 e. The van der Waals surface area contributed by atoms with Crippen molar-refractivity contribution in [3.05, 3.63) is 29.6 Å². The van der Waals surface area contributed by atoms with Crippen LogP contribution >= 0.6 is 0 Å². The van der Waals surface area contributed by atoms with Gasteiger partial charge in [-0.3, -0.25) is 0 Å². The molecule has 1 N–H and O–H groups in total. The summed E-state index contributed by atoms with van der Waals surface area (Å²) in [6, 6.07) is 4.42. The third-order valence-corrected chi connectivity index (χ3v) is 4.57. The molecule has 0 radical (unpaired) electrons. The molecule has 1 aromatic rings. The zero-order chi connectivity index (χ0) is 13.4. The van der Waals surface area contributed by atoms with Crippen LogP contribution in [0.15, 0.2) is 18.2 Å². The molecule has 1 saturated carbocycles. The number of benzene rings is 1. The summed E-state index contributed by atoms with van der Waals surface area (Å²) in [7, 11) is 0. The van der Waals surface area contributed by atoms with Crippen molar-refractivity contribution in [3.63, 3.8) is 0 Å². The van der Waals surface area contributed by atoms with Gasteiger partial charge in [-0.2, -0.15) is 0 Å². The average molecular weight is 264 g/mol. The number of hydrogen-bond acceptors (Lipinski definition) is 2. The molecule has 0 amide bonds. The first-order valence-corrected chi connectivity index (χ1v) is 7.27. The summed E-state index contributed by atoms with van der Waals surface area (Å²) < 4.78 is 19.3.